The first-order valence-corrected chi connectivity index (χ1v) is 6.00. The summed E-state index contributed by atoms with van der Waals surface area (Å²) in [6, 6.07) is 4.67. The van der Waals surface area contributed by atoms with Gasteiger partial charge in [0, 0.05) is 5.92 Å². The predicted octanol–water partition coefficient (Wildman–Crippen LogP) is 3.56. The Morgan fingerprint density at radius 2 is 1.78 bits per heavy atom. The Bertz CT molecular complexity index is 411. The van der Waals surface area contributed by atoms with Crippen LogP contribution in [0.1, 0.15) is 31.7 Å². The Labute approximate surface area is 104 Å². The van der Waals surface area contributed by atoms with E-state index < -0.39 is 17.5 Å². The van der Waals surface area contributed by atoms with Crippen molar-refractivity contribution in [3.05, 3.63) is 29.8 Å². The van der Waals surface area contributed by atoms with Gasteiger partial charge in [-0.05, 0) is 43.5 Å². The normalized spacial score (nSPS) is 19.4. The third kappa shape index (κ3) is 2.77. The van der Waals surface area contributed by atoms with Crippen molar-refractivity contribution in [3.8, 4) is 5.75 Å². The number of benzene rings is 1. The van der Waals surface area contributed by atoms with Crippen LogP contribution in [0.5, 0.6) is 5.75 Å². The molecular formula is C13H16F3NO. The molecule has 1 fully saturated rings. The number of halogens is 3. The molecule has 100 valence electrons. The maximum Gasteiger partial charge on any atom is 0.416 e. The fourth-order valence-electron chi connectivity index (χ4n) is 1.95. The highest BCUT2D eigenvalue weighted by Crippen LogP contribution is 2.41. The number of nitrogens with two attached hydrogens (primary N) is 1. The molecule has 2 nitrogen and oxygen atoms in total. The summed E-state index contributed by atoms with van der Waals surface area (Å²) in [6.07, 6.45) is -1.64. The highest BCUT2D eigenvalue weighted by molar-refractivity contribution is 5.29. The van der Waals surface area contributed by atoms with Gasteiger partial charge in [-0.15, -0.1) is 0 Å². The molecule has 1 saturated carbocycles. The topological polar surface area (TPSA) is 35.2 Å². The lowest BCUT2D eigenvalue weighted by Crippen LogP contribution is -2.47. The van der Waals surface area contributed by atoms with Gasteiger partial charge >= 0.3 is 6.18 Å². The molecule has 0 radical (unpaired) electrons. The van der Waals surface area contributed by atoms with Gasteiger partial charge in [-0.1, -0.05) is 6.92 Å². The van der Waals surface area contributed by atoms with Crippen molar-refractivity contribution in [3.63, 3.8) is 0 Å². The average molecular weight is 259 g/mol. The molecule has 1 atom stereocenters. The largest absolute Gasteiger partial charge is 0.473 e. The molecule has 1 unspecified atom stereocenters. The lowest BCUT2D eigenvalue weighted by molar-refractivity contribution is -0.137. The maximum atomic E-state index is 12.4. The van der Waals surface area contributed by atoms with Gasteiger partial charge in [0.15, 0.2) is 5.72 Å². The quantitative estimate of drug-likeness (QED) is 0.839. The minimum Gasteiger partial charge on any atom is -0.473 e. The van der Waals surface area contributed by atoms with E-state index in [1.165, 1.54) is 12.1 Å². The Kier molecular flexibility index (Phi) is 3.27. The van der Waals surface area contributed by atoms with Crippen LogP contribution in [-0.2, 0) is 6.18 Å². The average Bonchev–Trinajstić information content (AvgIpc) is 3.12. The van der Waals surface area contributed by atoms with E-state index in [0.29, 0.717) is 18.1 Å². The van der Waals surface area contributed by atoms with Gasteiger partial charge in [0.2, 0.25) is 0 Å². The molecular weight excluding hydrogens is 243 g/mol. The Balaban J connectivity index is 2.10. The zero-order chi connectivity index (χ0) is 13.4. The van der Waals surface area contributed by atoms with Gasteiger partial charge in [0.1, 0.15) is 5.75 Å². The maximum absolute atomic E-state index is 12.4. The monoisotopic (exact) mass is 259 g/mol. The van der Waals surface area contributed by atoms with Crippen LogP contribution in [0, 0.1) is 5.92 Å². The summed E-state index contributed by atoms with van der Waals surface area (Å²) >= 11 is 0. The lowest BCUT2D eigenvalue weighted by Gasteiger charge is -2.29. The fraction of sp³-hybridized carbons (Fsp3) is 0.538. The van der Waals surface area contributed by atoms with Crippen LogP contribution >= 0.6 is 0 Å². The van der Waals surface area contributed by atoms with Gasteiger partial charge in [-0.3, -0.25) is 5.73 Å². The van der Waals surface area contributed by atoms with E-state index in [9.17, 15) is 13.2 Å². The minimum atomic E-state index is -4.32. The highest BCUT2D eigenvalue weighted by Gasteiger charge is 2.43. The summed E-state index contributed by atoms with van der Waals surface area (Å²) in [4.78, 5) is 0. The van der Waals surface area contributed by atoms with Crippen molar-refractivity contribution < 1.29 is 17.9 Å². The third-order valence-electron chi connectivity index (χ3n) is 3.31. The lowest BCUT2D eigenvalue weighted by atomic mass is 10.1. The second-order valence-electron chi connectivity index (χ2n) is 4.71. The van der Waals surface area contributed by atoms with Gasteiger partial charge in [0.25, 0.3) is 0 Å². The molecule has 1 aromatic rings. The highest BCUT2D eigenvalue weighted by atomic mass is 19.4. The first-order chi connectivity index (χ1) is 8.35. The van der Waals surface area contributed by atoms with Crippen LogP contribution in [0.15, 0.2) is 24.3 Å². The Morgan fingerprint density at radius 3 is 2.17 bits per heavy atom. The first kappa shape index (κ1) is 13.2. The Hall–Kier alpha value is -1.23. The van der Waals surface area contributed by atoms with Gasteiger partial charge < -0.3 is 4.74 Å². The Morgan fingerprint density at radius 1 is 1.22 bits per heavy atom. The van der Waals surface area contributed by atoms with E-state index in [1.54, 1.807) is 0 Å². The molecule has 2 N–H and O–H groups in total. The molecule has 0 bridgehead atoms. The van der Waals surface area contributed by atoms with Crippen LogP contribution in [0.25, 0.3) is 0 Å². The van der Waals surface area contributed by atoms with Gasteiger partial charge in [-0.25, -0.2) is 0 Å². The summed E-state index contributed by atoms with van der Waals surface area (Å²) in [7, 11) is 0. The van der Waals surface area contributed by atoms with Crippen molar-refractivity contribution in [2.45, 2.75) is 38.1 Å². The molecule has 0 aliphatic heterocycles. The van der Waals surface area contributed by atoms with Crippen LogP contribution in [-0.4, -0.2) is 5.72 Å². The molecule has 5 heteroatoms. The summed E-state index contributed by atoms with van der Waals surface area (Å²) < 4.78 is 42.8. The van der Waals surface area contributed by atoms with E-state index >= 15 is 0 Å². The van der Waals surface area contributed by atoms with Gasteiger partial charge in [0.05, 0.1) is 5.56 Å². The fourth-order valence-corrected chi connectivity index (χ4v) is 1.95. The number of hydrogen-bond acceptors (Lipinski definition) is 2. The third-order valence-corrected chi connectivity index (χ3v) is 3.31. The number of ether oxygens (including phenoxy) is 1. The van der Waals surface area contributed by atoms with Crippen molar-refractivity contribution in [2.24, 2.45) is 11.7 Å². The number of rotatable bonds is 4. The molecule has 0 saturated heterocycles. The molecule has 2 rings (SSSR count). The van der Waals surface area contributed by atoms with E-state index in [2.05, 4.69) is 0 Å². The van der Waals surface area contributed by atoms with E-state index in [0.717, 1.165) is 25.0 Å². The zero-order valence-corrected chi connectivity index (χ0v) is 10.1. The van der Waals surface area contributed by atoms with Crippen molar-refractivity contribution in [1.29, 1.82) is 0 Å². The van der Waals surface area contributed by atoms with Crippen molar-refractivity contribution >= 4 is 0 Å². The SMILES string of the molecule is CCC(N)(Oc1ccc(C(F)(F)F)cc1)C1CC1. The van der Waals surface area contributed by atoms with Crippen LogP contribution in [0.3, 0.4) is 0 Å². The first-order valence-electron chi connectivity index (χ1n) is 6.00. The second kappa shape index (κ2) is 4.46. The van der Waals surface area contributed by atoms with Gasteiger partial charge in [-0.2, -0.15) is 13.2 Å². The zero-order valence-electron chi connectivity index (χ0n) is 10.1. The molecule has 0 spiro atoms. The van der Waals surface area contributed by atoms with E-state index in [1.807, 2.05) is 6.92 Å². The molecule has 0 amide bonds. The molecule has 0 heterocycles. The number of hydrogen-bond donors (Lipinski definition) is 1. The van der Waals surface area contributed by atoms with Crippen LogP contribution < -0.4 is 10.5 Å². The molecule has 1 aromatic carbocycles. The van der Waals surface area contributed by atoms with Crippen LogP contribution in [0.4, 0.5) is 13.2 Å². The summed E-state index contributed by atoms with van der Waals surface area (Å²) in [6.45, 7) is 1.92. The summed E-state index contributed by atoms with van der Waals surface area (Å²) in [5.74, 6) is 0.698. The van der Waals surface area contributed by atoms with E-state index in [4.69, 9.17) is 10.5 Å². The van der Waals surface area contributed by atoms with Crippen LogP contribution in [0.2, 0.25) is 0 Å². The minimum absolute atomic E-state index is 0.310. The second-order valence-corrected chi connectivity index (χ2v) is 4.71. The molecule has 1 aliphatic rings. The smallest absolute Gasteiger partial charge is 0.416 e. The standard InChI is InChI=1S/C13H16F3NO/c1-2-12(17,9-3-4-9)18-11-7-5-10(6-8-11)13(14,15)16/h5-9H,2-4,17H2,1H3. The van der Waals surface area contributed by atoms with Crippen molar-refractivity contribution in [1.82, 2.24) is 0 Å². The predicted molar refractivity (Wildman–Crippen MR) is 62.0 cm³/mol. The summed E-state index contributed by atoms with van der Waals surface area (Å²) in [5.41, 5.74) is 4.68. The van der Waals surface area contributed by atoms with E-state index in [-0.39, 0.29) is 0 Å². The number of alkyl halides is 3. The molecule has 1 aliphatic carbocycles. The summed E-state index contributed by atoms with van der Waals surface area (Å²) in [5, 5.41) is 0. The molecule has 0 aromatic heterocycles. The molecule has 18 heavy (non-hydrogen) atoms. The van der Waals surface area contributed by atoms with Crippen molar-refractivity contribution in [2.75, 3.05) is 0 Å².